The Morgan fingerprint density at radius 3 is 1.90 bits per heavy atom. The first-order chi connectivity index (χ1) is 19.6. The Morgan fingerprint density at radius 1 is 0.878 bits per heavy atom. The summed E-state index contributed by atoms with van der Waals surface area (Å²) in [5, 5.41) is 10.5. The summed E-state index contributed by atoms with van der Waals surface area (Å²) < 4.78 is 15.7. The second kappa shape index (κ2) is 10.6. The molecule has 0 saturated carbocycles. The van der Waals surface area contributed by atoms with Gasteiger partial charge < -0.3 is 26.0 Å². The van der Waals surface area contributed by atoms with Crippen molar-refractivity contribution in [3.63, 3.8) is 0 Å². The highest BCUT2D eigenvalue weighted by molar-refractivity contribution is 5.81. The van der Waals surface area contributed by atoms with Crippen molar-refractivity contribution in [1.29, 1.82) is 0 Å². The van der Waals surface area contributed by atoms with Gasteiger partial charge in [0.2, 0.25) is 0 Å². The SMILES string of the molecule is C#C[C@]1(CC)O[C@@H](n2cnc3c(N)ncnc32)C(O)C1C.C#C[C@]1(CC)O[C@@H](n2cnc3c(N)ncnc32)CC1C. The lowest BCUT2D eigenvalue weighted by Crippen LogP contribution is -2.34. The molecule has 7 atom stereocenters. The predicted octanol–water partition coefficient (Wildman–Crippen LogP) is 2.46. The van der Waals surface area contributed by atoms with Crippen LogP contribution in [0.25, 0.3) is 22.3 Å². The number of nitrogens with two attached hydrogens (primary N) is 2. The number of ether oxygens (including phenoxy) is 2. The molecule has 2 saturated heterocycles. The molecular formula is C28H34N10O3. The number of fused-ring (bicyclic) bond motifs is 2. The van der Waals surface area contributed by atoms with E-state index in [1.807, 2.05) is 25.3 Å². The summed E-state index contributed by atoms with van der Waals surface area (Å²) in [6.07, 6.45) is 18.0. The fourth-order valence-corrected chi connectivity index (χ4v) is 5.73. The van der Waals surface area contributed by atoms with Gasteiger partial charge in [-0.1, -0.05) is 39.5 Å². The summed E-state index contributed by atoms with van der Waals surface area (Å²) in [5.74, 6) is 6.24. The normalized spacial score (nSPS) is 31.0. The number of terminal acetylenes is 2. The van der Waals surface area contributed by atoms with E-state index in [2.05, 4.69) is 48.7 Å². The third-order valence-corrected chi connectivity index (χ3v) is 8.47. The Morgan fingerprint density at radius 2 is 1.41 bits per heavy atom. The zero-order valence-electron chi connectivity index (χ0n) is 23.5. The average Bonchev–Trinajstić information content (AvgIpc) is 3.74. The molecule has 214 valence electrons. The van der Waals surface area contributed by atoms with Crippen molar-refractivity contribution in [3.8, 4) is 24.7 Å². The van der Waals surface area contributed by atoms with Crippen LogP contribution >= 0.6 is 0 Å². The van der Waals surface area contributed by atoms with Gasteiger partial charge in [0.05, 0.1) is 12.7 Å². The number of rotatable bonds is 4. The Balaban J connectivity index is 0.000000165. The molecular weight excluding hydrogens is 524 g/mol. The van der Waals surface area contributed by atoms with Crippen LogP contribution in [0.1, 0.15) is 59.4 Å². The van der Waals surface area contributed by atoms with Gasteiger partial charge in [-0.25, -0.2) is 29.9 Å². The van der Waals surface area contributed by atoms with E-state index < -0.39 is 23.5 Å². The monoisotopic (exact) mass is 558 g/mol. The Labute approximate surface area is 237 Å². The van der Waals surface area contributed by atoms with Crippen molar-refractivity contribution in [2.24, 2.45) is 11.8 Å². The third kappa shape index (κ3) is 4.43. The van der Waals surface area contributed by atoms with Crippen LogP contribution < -0.4 is 11.5 Å². The van der Waals surface area contributed by atoms with E-state index in [0.717, 1.165) is 12.8 Å². The topological polar surface area (TPSA) is 178 Å². The highest BCUT2D eigenvalue weighted by Gasteiger charge is 2.51. The van der Waals surface area contributed by atoms with Gasteiger partial charge in [0.25, 0.3) is 0 Å². The van der Waals surface area contributed by atoms with Crippen molar-refractivity contribution < 1.29 is 14.6 Å². The quantitative estimate of drug-likeness (QED) is 0.313. The summed E-state index contributed by atoms with van der Waals surface area (Å²) in [4.78, 5) is 24.7. The van der Waals surface area contributed by atoms with E-state index in [1.54, 1.807) is 17.2 Å². The smallest absolute Gasteiger partial charge is 0.167 e. The molecule has 0 aliphatic carbocycles. The highest BCUT2D eigenvalue weighted by atomic mass is 16.5. The van der Waals surface area contributed by atoms with Gasteiger partial charge in [0.15, 0.2) is 29.2 Å². The van der Waals surface area contributed by atoms with Crippen LogP contribution in [0.5, 0.6) is 0 Å². The van der Waals surface area contributed by atoms with Crippen LogP contribution in [0.3, 0.4) is 0 Å². The summed E-state index contributed by atoms with van der Waals surface area (Å²) in [7, 11) is 0. The van der Waals surface area contributed by atoms with E-state index in [0.29, 0.717) is 34.6 Å². The molecule has 0 radical (unpaired) electrons. The van der Waals surface area contributed by atoms with E-state index in [1.165, 1.54) is 12.7 Å². The molecule has 2 aliphatic rings. The second-order valence-electron chi connectivity index (χ2n) is 10.4. The summed E-state index contributed by atoms with van der Waals surface area (Å²) in [6, 6.07) is 0. The first kappa shape index (κ1) is 28.2. The minimum Gasteiger partial charge on any atom is -0.388 e. The first-order valence-corrected chi connectivity index (χ1v) is 13.5. The Bertz CT molecular complexity index is 1650. The Hall–Kier alpha value is -4.30. The molecule has 41 heavy (non-hydrogen) atoms. The molecule has 0 spiro atoms. The fraction of sp³-hybridized carbons (Fsp3) is 0.500. The number of hydrogen-bond acceptors (Lipinski definition) is 11. The molecule has 13 nitrogen and oxygen atoms in total. The molecule has 3 unspecified atom stereocenters. The number of hydrogen-bond donors (Lipinski definition) is 3. The lowest BCUT2D eigenvalue weighted by atomic mass is 9.85. The molecule has 2 aliphatic heterocycles. The van der Waals surface area contributed by atoms with Crippen molar-refractivity contribution in [3.05, 3.63) is 25.3 Å². The van der Waals surface area contributed by atoms with Gasteiger partial charge in [0, 0.05) is 11.8 Å². The van der Waals surface area contributed by atoms with Crippen LogP contribution in [0.4, 0.5) is 11.6 Å². The zero-order chi connectivity index (χ0) is 29.5. The average molecular weight is 559 g/mol. The van der Waals surface area contributed by atoms with Crippen LogP contribution in [0.15, 0.2) is 25.3 Å². The molecule has 2 fully saturated rings. The van der Waals surface area contributed by atoms with E-state index in [-0.39, 0.29) is 23.9 Å². The van der Waals surface area contributed by atoms with Crippen molar-refractivity contribution >= 4 is 34.0 Å². The molecule has 13 heteroatoms. The van der Waals surface area contributed by atoms with E-state index >= 15 is 0 Å². The minimum absolute atomic E-state index is 0.166. The van der Waals surface area contributed by atoms with Crippen molar-refractivity contribution in [1.82, 2.24) is 39.0 Å². The zero-order valence-corrected chi connectivity index (χ0v) is 23.5. The van der Waals surface area contributed by atoms with Gasteiger partial charge in [-0.05, 0) is 19.3 Å². The maximum Gasteiger partial charge on any atom is 0.167 e. The molecule has 0 aromatic carbocycles. The molecule has 0 amide bonds. The van der Waals surface area contributed by atoms with Gasteiger partial charge >= 0.3 is 0 Å². The number of imidazole rings is 2. The van der Waals surface area contributed by atoms with Gasteiger partial charge in [-0.2, -0.15) is 0 Å². The molecule has 6 rings (SSSR count). The molecule has 4 aromatic heterocycles. The molecule has 6 heterocycles. The van der Waals surface area contributed by atoms with Gasteiger partial charge in [0.1, 0.15) is 47.2 Å². The minimum atomic E-state index is -0.792. The standard InChI is InChI=1S/C14H17N5O2.C14H17N5O/c1-4-14(5-2)8(3)10(20)13(21-14)19-7-18-9-11(15)16-6-17-12(9)19;1-4-14(5-2)9(3)6-10(20-14)19-8-18-11-12(15)16-7-17-13(11)19/h1,6-8,10,13,20H,5H2,2-3H3,(H2,15,16,17);1,7-10H,5-6H2,2-3H3,(H2,15,16,17)/t8?,10?,13-,14-;9?,10-,14-/m11/s1. The number of aliphatic hydroxyl groups excluding tert-OH is 1. The Kier molecular flexibility index (Phi) is 7.30. The number of nitrogens with zero attached hydrogens (tertiary/aromatic N) is 8. The second-order valence-corrected chi connectivity index (χ2v) is 10.4. The van der Waals surface area contributed by atoms with Crippen LogP contribution in [-0.2, 0) is 9.47 Å². The van der Waals surface area contributed by atoms with E-state index in [9.17, 15) is 5.11 Å². The number of nitrogen functional groups attached to an aromatic ring is 2. The maximum absolute atomic E-state index is 10.5. The van der Waals surface area contributed by atoms with Crippen LogP contribution in [-0.4, -0.2) is 61.5 Å². The lowest BCUT2D eigenvalue weighted by Gasteiger charge is -2.25. The number of aromatic nitrogens is 8. The predicted molar refractivity (Wildman–Crippen MR) is 152 cm³/mol. The summed E-state index contributed by atoms with van der Waals surface area (Å²) in [5.41, 5.74) is 12.5. The van der Waals surface area contributed by atoms with Crippen molar-refractivity contribution in [2.75, 3.05) is 11.5 Å². The fourth-order valence-electron chi connectivity index (χ4n) is 5.73. The van der Waals surface area contributed by atoms with Crippen LogP contribution in [0.2, 0.25) is 0 Å². The summed E-state index contributed by atoms with van der Waals surface area (Å²) in [6.45, 7) is 7.99. The van der Waals surface area contributed by atoms with Gasteiger partial charge in [-0.15, -0.1) is 12.8 Å². The largest absolute Gasteiger partial charge is 0.388 e. The van der Waals surface area contributed by atoms with Crippen molar-refractivity contribution in [2.45, 2.75) is 76.7 Å². The molecule has 4 aromatic rings. The molecule has 0 bridgehead atoms. The van der Waals surface area contributed by atoms with E-state index in [4.69, 9.17) is 33.8 Å². The lowest BCUT2D eigenvalue weighted by molar-refractivity contribution is -0.0636. The third-order valence-electron chi connectivity index (χ3n) is 8.47. The first-order valence-electron chi connectivity index (χ1n) is 13.5. The molecule has 5 N–H and O–H groups in total. The maximum atomic E-state index is 10.5. The highest BCUT2D eigenvalue weighted by Crippen LogP contribution is 2.45. The number of anilines is 2. The van der Waals surface area contributed by atoms with Gasteiger partial charge in [-0.3, -0.25) is 9.13 Å². The number of aliphatic hydroxyl groups is 1. The van der Waals surface area contributed by atoms with Crippen LogP contribution in [0, 0.1) is 36.5 Å². The summed E-state index contributed by atoms with van der Waals surface area (Å²) >= 11 is 0.